The Balaban J connectivity index is 0.969. The maximum Gasteiger partial charge on any atom is 0.411 e. The molecule has 1 saturated heterocycles. The highest BCUT2D eigenvalue weighted by molar-refractivity contribution is 5.96. The first-order chi connectivity index (χ1) is 40.6. The van der Waals surface area contributed by atoms with Crippen molar-refractivity contribution in [2.24, 2.45) is 5.41 Å². The SMILES string of the molecule is COC[C@@H](c1ccccc1)N(Cc1ccc2c(ccn2C(=O)N[C@H]2C[C@@H](C(=O)N[C@@H]3CCCc4ccccc43)N(C(=O)[C@@H](NC(=O)[C@H](C)N(C)C(=O)OC(C)(C)C)C(C)(C)C)C2)c1)C(=O)[C@@H]1Cc2ccccc2CN1C(=O)OCc1ccccc1. The summed E-state index contributed by atoms with van der Waals surface area (Å²) in [5.41, 5.74) is 5.41. The summed E-state index contributed by atoms with van der Waals surface area (Å²) in [6.45, 7) is 12.7. The first kappa shape index (κ1) is 61.1. The van der Waals surface area contributed by atoms with Crippen molar-refractivity contribution in [2.75, 3.05) is 27.3 Å². The van der Waals surface area contributed by atoms with E-state index < -0.39 is 77.3 Å². The van der Waals surface area contributed by atoms with Gasteiger partial charge in [0, 0.05) is 45.3 Å². The molecule has 0 spiro atoms. The number of amides is 7. The number of likely N-dealkylation sites (N-methyl/N-ethyl adjacent to an activating group) is 1. The van der Waals surface area contributed by atoms with Gasteiger partial charge >= 0.3 is 18.2 Å². The molecule has 0 radical (unpaired) electrons. The summed E-state index contributed by atoms with van der Waals surface area (Å²) in [7, 11) is 3.05. The topological polar surface area (TPSA) is 201 Å². The largest absolute Gasteiger partial charge is 0.445 e. The number of rotatable bonds is 16. The molecule has 6 aromatic rings. The third kappa shape index (κ3) is 14.4. The summed E-state index contributed by atoms with van der Waals surface area (Å²) in [6.07, 6.45) is 3.19. The van der Waals surface area contributed by atoms with Crippen molar-refractivity contribution in [3.8, 4) is 0 Å². The quantitative estimate of drug-likeness (QED) is 0.0838. The summed E-state index contributed by atoms with van der Waals surface area (Å²) < 4.78 is 18.7. The lowest BCUT2D eigenvalue weighted by Gasteiger charge is -2.40. The van der Waals surface area contributed by atoms with Gasteiger partial charge < -0.3 is 40.0 Å². The number of methoxy groups -OCH3 is 1. The minimum atomic E-state index is -1.14. The predicted octanol–water partition coefficient (Wildman–Crippen LogP) is 9.63. The first-order valence-electron chi connectivity index (χ1n) is 29.3. The molecule has 0 bridgehead atoms. The maximum absolute atomic E-state index is 15.5. The van der Waals surface area contributed by atoms with Crippen molar-refractivity contribution in [3.63, 3.8) is 0 Å². The third-order valence-corrected chi connectivity index (χ3v) is 16.4. The lowest BCUT2D eigenvalue weighted by atomic mass is 9.85. The van der Waals surface area contributed by atoms with Crippen LogP contribution in [0.4, 0.5) is 14.4 Å². The van der Waals surface area contributed by atoms with E-state index in [4.69, 9.17) is 14.2 Å². The predicted molar refractivity (Wildman–Crippen MR) is 323 cm³/mol. The second-order valence-electron chi connectivity index (χ2n) is 24.7. The Morgan fingerprint density at radius 1 is 0.741 bits per heavy atom. The molecule has 1 aliphatic carbocycles. The molecule has 3 N–H and O–H groups in total. The number of carbonyl (C=O) groups excluding carboxylic acids is 7. The van der Waals surface area contributed by atoms with Gasteiger partial charge in [0.05, 0.1) is 36.8 Å². The zero-order chi connectivity index (χ0) is 60.7. The molecule has 18 nitrogen and oxygen atoms in total. The van der Waals surface area contributed by atoms with E-state index in [0.717, 1.165) is 51.8 Å². The number of aromatic nitrogens is 1. The van der Waals surface area contributed by atoms with Crippen molar-refractivity contribution < 1.29 is 47.8 Å². The number of ether oxygens (including phenoxy) is 3. The van der Waals surface area contributed by atoms with Gasteiger partial charge in [-0.05, 0) is 116 Å². The minimum Gasteiger partial charge on any atom is -0.445 e. The minimum absolute atomic E-state index is 0.0360. The number of fused-ring (bicyclic) bond motifs is 3. The van der Waals surface area contributed by atoms with Crippen LogP contribution in [-0.4, -0.2) is 129 Å². The highest BCUT2D eigenvalue weighted by Gasteiger charge is 2.47. The molecule has 85 heavy (non-hydrogen) atoms. The summed E-state index contributed by atoms with van der Waals surface area (Å²) in [4.78, 5) is 107. The second kappa shape index (κ2) is 26.2. The summed E-state index contributed by atoms with van der Waals surface area (Å²) in [6, 6.07) is 36.2. The number of nitrogens with one attached hydrogen (secondary N) is 3. The molecule has 0 unspecified atom stereocenters. The van der Waals surface area contributed by atoms with E-state index in [1.807, 2.05) is 148 Å². The average Bonchev–Trinajstić information content (AvgIpc) is 3.13. The first-order valence-corrected chi connectivity index (χ1v) is 29.3. The van der Waals surface area contributed by atoms with Crippen LogP contribution in [0.1, 0.15) is 119 Å². The van der Waals surface area contributed by atoms with E-state index in [2.05, 4.69) is 22.0 Å². The standard InChI is InChI=1S/C67H80N8O10/c1-43(71(8)64(81)85-67(5,6)7)59(76)70-58(66(2,3)4)62(79)74-40-51(37-55(74)60(77)69-53-30-20-28-46-23-18-19-29-52(46)53)68-63(80)72-34-33-49-35-45(31-32-54(49)72)38-73(57(42-83-9)47-24-14-11-15-25-47)61(78)56-36-48-26-16-17-27-50(48)39-75(56)65(82)84-41-44-21-12-10-13-22-44/h10-19,21-27,29,31-35,43,51,53,55-58H,20,28,30,36-42H2,1-9H3,(H,68,80)(H,69,77)(H,70,76)/t43-,51-,53+,55-,56-,57-,58+/m0/s1. The molecule has 18 heteroatoms. The molecule has 7 amide bonds. The van der Waals surface area contributed by atoms with Gasteiger partial charge in [0.25, 0.3) is 0 Å². The van der Waals surface area contributed by atoms with Crippen LogP contribution in [0.5, 0.6) is 0 Å². The number of carbonyl (C=O) groups is 7. The molecule has 3 heterocycles. The van der Waals surface area contributed by atoms with Gasteiger partial charge in [-0.3, -0.25) is 33.5 Å². The van der Waals surface area contributed by atoms with E-state index in [1.165, 1.54) is 26.3 Å². The lowest BCUT2D eigenvalue weighted by Crippen LogP contribution is -2.60. The van der Waals surface area contributed by atoms with E-state index in [9.17, 15) is 24.0 Å². The van der Waals surface area contributed by atoms with Gasteiger partial charge in [-0.25, -0.2) is 14.4 Å². The van der Waals surface area contributed by atoms with Crippen molar-refractivity contribution in [1.82, 2.24) is 40.1 Å². The van der Waals surface area contributed by atoms with E-state index in [0.29, 0.717) is 17.3 Å². The van der Waals surface area contributed by atoms with Crippen molar-refractivity contribution >= 4 is 52.7 Å². The van der Waals surface area contributed by atoms with Crippen LogP contribution in [-0.2, 0) is 65.9 Å². The fourth-order valence-electron chi connectivity index (χ4n) is 11.7. The Bertz CT molecular complexity index is 3390. The Morgan fingerprint density at radius 2 is 1.41 bits per heavy atom. The Kier molecular flexibility index (Phi) is 18.8. The van der Waals surface area contributed by atoms with Crippen LogP contribution in [0.15, 0.2) is 140 Å². The van der Waals surface area contributed by atoms with E-state index in [1.54, 1.807) is 45.9 Å². The lowest BCUT2D eigenvalue weighted by molar-refractivity contribution is -0.144. The Labute approximate surface area is 498 Å². The fourth-order valence-corrected chi connectivity index (χ4v) is 11.7. The summed E-state index contributed by atoms with van der Waals surface area (Å²) >= 11 is 0. The summed E-state index contributed by atoms with van der Waals surface area (Å²) in [5, 5.41) is 10.00. The van der Waals surface area contributed by atoms with Gasteiger partial charge in [0.1, 0.15) is 36.4 Å². The monoisotopic (exact) mass is 1160 g/mol. The maximum atomic E-state index is 15.5. The molecule has 448 valence electrons. The van der Waals surface area contributed by atoms with Gasteiger partial charge in [0.2, 0.25) is 23.6 Å². The molecule has 1 aromatic heterocycles. The highest BCUT2D eigenvalue weighted by Crippen LogP contribution is 2.34. The fraction of sp³-hybridized carbons (Fsp3) is 0.418. The second-order valence-corrected chi connectivity index (χ2v) is 24.7. The highest BCUT2D eigenvalue weighted by atomic mass is 16.6. The third-order valence-electron chi connectivity index (χ3n) is 16.4. The average molecular weight is 1160 g/mol. The van der Waals surface area contributed by atoms with Crippen molar-refractivity contribution in [2.45, 2.75) is 148 Å². The number of hydrogen-bond acceptors (Lipinski definition) is 10. The smallest absolute Gasteiger partial charge is 0.411 e. The number of aryl methyl sites for hydroxylation is 1. The number of hydrogen-bond donors (Lipinski definition) is 3. The number of nitrogens with zero attached hydrogens (tertiary/aromatic N) is 5. The van der Waals surface area contributed by atoms with Crippen LogP contribution in [0.25, 0.3) is 10.9 Å². The van der Waals surface area contributed by atoms with Crippen LogP contribution < -0.4 is 16.0 Å². The molecule has 3 aliphatic rings. The molecule has 2 aliphatic heterocycles. The van der Waals surface area contributed by atoms with Crippen molar-refractivity contribution in [3.05, 3.63) is 179 Å². The molecule has 9 rings (SSSR count). The van der Waals surface area contributed by atoms with Gasteiger partial charge in [0.15, 0.2) is 0 Å². The Morgan fingerprint density at radius 3 is 2.11 bits per heavy atom. The molecule has 1 fully saturated rings. The van der Waals surface area contributed by atoms with Gasteiger partial charge in [-0.15, -0.1) is 0 Å². The van der Waals surface area contributed by atoms with Crippen LogP contribution in [0, 0.1) is 5.41 Å². The molecule has 7 atom stereocenters. The summed E-state index contributed by atoms with van der Waals surface area (Å²) in [5.74, 6) is -1.76. The van der Waals surface area contributed by atoms with Gasteiger partial charge in [-0.1, -0.05) is 136 Å². The van der Waals surface area contributed by atoms with E-state index >= 15 is 9.59 Å². The number of likely N-dealkylation sites (tertiary alicyclic amines) is 1. The number of benzene rings is 5. The van der Waals surface area contributed by atoms with Crippen LogP contribution in [0.2, 0.25) is 0 Å². The van der Waals surface area contributed by atoms with Gasteiger partial charge in [-0.2, -0.15) is 0 Å². The van der Waals surface area contributed by atoms with Crippen LogP contribution in [0.3, 0.4) is 0 Å². The normalized spacial score (nSPS) is 18.6. The molecular formula is C67H80N8O10. The zero-order valence-corrected chi connectivity index (χ0v) is 50.2. The Hall–Kier alpha value is -8.51. The molecule has 0 saturated carbocycles. The molecule has 5 aromatic carbocycles. The van der Waals surface area contributed by atoms with Crippen LogP contribution >= 0.6 is 0 Å². The van der Waals surface area contributed by atoms with Crippen molar-refractivity contribution in [1.29, 1.82) is 0 Å². The van der Waals surface area contributed by atoms with E-state index in [-0.39, 0.29) is 63.5 Å². The zero-order valence-electron chi connectivity index (χ0n) is 50.2. The molecular weight excluding hydrogens is 1080 g/mol.